The first-order valence-corrected chi connectivity index (χ1v) is 5.91. The van der Waals surface area contributed by atoms with Crippen LogP contribution in [0, 0.1) is 12.8 Å². The fourth-order valence-corrected chi connectivity index (χ4v) is 2.40. The Hall–Kier alpha value is -1.35. The van der Waals surface area contributed by atoms with Gasteiger partial charge in [0, 0.05) is 11.8 Å². The molecule has 3 heteroatoms. The molecule has 17 heavy (non-hydrogen) atoms. The lowest BCUT2D eigenvalue weighted by atomic mass is 9.68. The van der Waals surface area contributed by atoms with E-state index in [9.17, 15) is 4.79 Å². The van der Waals surface area contributed by atoms with Crippen molar-refractivity contribution in [1.82, 2.24) is 0 Å². The van der Waals surface area contributed by atoms with Gasteiger partial charge in [0.05, 0.1) is 13.2 Å². The molecule has 1 saturated heterocycles. The summed E-state index contributed by atoms with van der Waals surface area (Å²) >= 11 is 0. The third-order valence-corrected chi connectivity index (χ3v) is 3.77. The number of carbonyl (C=O) groups is 1. The van der Waals surface area contributed by atoms with E-state index in [0.29, 0.717) is 13.2 Å². The van der Waals surface area contributed by atoms with Crippen molar-refractivity contribution in [2.75, 3.05) is 13.2 Å². The Balaban J connectivity index is 2.24. The van der Waals surface area contributed by atoms with Crippen LogP contribution in [0.4, 0.5) is 0 Å². The number of carboxylic acid groups (broad SMARTS) is 1. The SMILES string of the molecule is Cc1ccc(C2(C(C)CC(=O)O)COC2)cc1. The van der Waals surface area contributed by atoms with Crippen molar-refractivity contribution in [3.05, 3.63) is 35.4 Å². The Bertz CT molecular complexity index is 404. The van der Waals surface area contributed by atoms with E-state index in [1.807, 2.05) is 6.92 Å². The highest BCUT2D eigenvalue weighted by atomic mass is 16.5. The number of aryl methyl sites for hydroxylation is 1. The topological polar surface area (TPSA) is 46.5 Å². The molecular weight excluding hydrogens is 216 g/mol. The molecule has 1 N–H and O–H groups in total. The van der Waals surface area contributed by atoms with E-state index in [1.54, 1.807) is 0 Å². The standard InChI is InChI=1S/C14H18O3/c1-10-3-5-12(6-4-10)14(8-17-9-14)11(2)7-13(15)16/h3-6,11H,7-9H2,1-2H3,(H,15,16). The van der Waals surface area contributed by atoms with Crippen molar-refractivity contribution in [2.24, 2.45) is 5.92 Å². The lowest BCUT2D eigenvalue weighted by Crippen LogP contribution is -2.52. The van der Waals surface area contributed by atoms with Crippen LogP contribution < -0.4 is 0 Å². The zero-order chi connectivity index (χ0) is 12.5. The van der Waals surface area contributed by atoms with E-state index in [4.69, 9.17) is 9.84 Å². The largest absolute Gasteiger partial charge is 0.481 e. The first kappa shape index (κ1) is 12.1. The average Bonchev–Trinajstić information content (AvgIpc) is 2.18. The first-order chi connectivity index (χ1) is 8.04. The molecule has 0 aliphatic carbocycles. The summed E-state index contributed by atoms with van der Waals surface area (Å²) in [5.41, 5.74) is 2.31. The molecule has 1 heterocycles. The Kier molecular flexibility index (Phi) is 3.20. The normalized spacial score (nSPS) is 19.4. The van der Waals surface area contributed by atoms with Gasteiger partial charge < -0.3 is 9.84 Å². The predicted molar refractivity (Wildman–Crippen MR) is 65.1 cm³/mol. The number of aliphatic carboxylic acids is 1. The van der Waals surface area contributed by atoms with Crippen molar-refractivity contribution >= 4 is 5.97 Å². The molecule has 0 bridgehead atoms. The van der Waals surface area contributed by atoms with Gasteiger partial charge in [-0.05, 0) is 18.4 Å². The second-order valence-electron chi connectivity index (χ2n) is 5.01. The maximum absolute atomic E-state index is 10.8. The number of rotatable bonds is 4. The van der Waals surface area contributed by atoms with Crippen LogP contribution in [0.3, 0.4) is 0 Å². The van der Waals surface area contributed by atoms with E-state index >= 15 is 0 Å². The highest BCUT2D eigenvalue weighted by Crippen LogP contribution is 2.41. The molecule has 92 valence electrons. The number of benzene rings is 1. The minimum absolute atomic E-state index is 0.0939. The molecule has 1 aliphatic rings. The molecule has 1 aliphatic heterocycles. The Labute approximate surface area is 101 Å². The third kappa shape index (κ3) is 2.20. The van der Waals surface area contributed by atoms with Gasteiger partial charge in [-0.1, -0.05) is 36.8 Å². The van der Waals surface area contributed by atoms with Crippen molar-refractivity contribution < 1.29 is 14.6 Å². The molecule has 2 rings (SSSR count). The molecule has 1 aromatic rings. The molecule has 0 saturated carbocycles. The fourth-order valence-electron chi connectivity index (χ4n) is 2.40. The molecule has 3 nitrogen and oxygen atoms in total. The summed E-state index contributed by atoms with van der Waals surface area (Å²) in [6.45, 7) is 5.31. The van der Waals surface area contributed by atoms with Crippen molar-refractivity contribution in [2.45, 2.75) is 25.7 Å². The zero-order valence-electron chi connectivity index (χ0n) is 10.3. The Morgan fingerprint density at radius 2 is 2.00 bits per heavy atom. The van der Waals surface area contributed by atoms with Crippen LogP contribution in [-0.4, -0.2) is 24.3 Å². The van der Waals surface area contributed by atoms with Crippen molar-refractivity contribution in [3.8, 4) is 0 Å². The minimum Gasteiger partial charge on any atom is -0.481 e. The highest BCUT2D eigenvalue weighted by Gasteiger charge is 2.45. The number of hydrogen-bond acceptors (Lipinski definition) is 2. The molecular formula is C14H18O3. The van der Waals surface area contributed by atoms with Crippen LogP contribution in [0.25, 0.3) is 0 Å². The summed E-state index contributed by atoms with van der Waals surface area (Å²) in [4.78, 5) is 10.8. The van der Waals surface area contributed by atoms with Gasteiger partial charge in [-0.3, -0.25) is 4.79 Å². The van der Waals surface area contributed by atoms with Gasteiger partial charge in [0.2, 0.25) is 0 Å². The smallest absolute Gasteiger partial charge is 0.303 e. The summed E-state index contributed by atoms with van der Waals surface area (Å²) in [7, 11) is 0. The monoisotopic (exact) mass is 234 g/mol. The van der Waals surface area contributed by atoms with Gasteiger partial charge in [0.15, 0.2) is 0 Å². The summed E-state index contributed by atoms with van der Waals surface area (Å²) in [6.07, 6.45) is 0.192. The van der Waals surface area contributed by atoms with Gasteiger partial charge >= 0.3 is 5.97 Å². The van der Waals surface area contributed by atoms with Crippen LogP contribution in [0.2, 0.25) is 0 Å². The average molecular weight is 234 g/mol. The van der Waals surface area contributed by atoms with Gasteiger partial charge in [0.1, 0.15) is 0 Å². The second-order valence-corrected chi connectivity index (χ2v) is 5.01. The molecule has 0 spiro atoms. The summed E-state index contributed by atoms with van der Waals surface area (Å²) in [5, 5.41) is 8.92. The maximum Gasteiger partial charge on any atom is 0.303 e. The predicted octanol–water partition coefficient (Wildman–Crippen LogP) is 2.37. The van der Waals surface area contributed by atoms with Gasteiger partial charge in [-0.25, -0.2) is 0 Å². The summed E-state index contributed by atoms with van der Waals surface area (Å²) in [5.74, 6) is -0.646. The first-order valence-electron chi connectivity index (χ1n) is 5.91. The fraction of sp³-hybridized carbons (Fsp3) is 0.500. The Morgan fingerprint density at radius 3 is 2.41 bits per heavy atom. The highest BCUT2D eigenvalue weighted by molar-refractivity contribution is 5.67. The molecule has 1 atom stereocenters. The quantitative estimate of drug-likeness (QED) is 0.870. The summed E-state index contributed by atoms with van der Waals surface area (Å²) in [6, 6.07) is 8.33. The number of ether oxygens (including phenoxy) is 1. The Morgan fingerprint density at radius 1 is 1.41 bits per heavy atom. The zero-order valence-corrected chi connectivity index (χ0v) is 10.3. The van der Waals surface area contributed by atoms with Crippen LogP contribution >= 0.6 is 0 Å². The second kappa shape index (κ2) is 4.49. The molecule has 0 aromatic heterocycles. The molecule has 1 aromatic carbocycles. The van der Waals surface area contributed by atoms with Crippen LogP contribution in [0.5, 0.6) is 0 Å². The lowest BCUT2D eigenvalue weighted by molar-refractivity contribution is -0.142. The maximum atomic E-state index is 10.8. The van der Waals surface area contributed by atoms with Crippen LogP contribution in [-0.2, 0) is 14.9 Å². The summed E-state index contributed by atoms with van der Waals surface area (Å²) < 4.78 is 5.33. The van der Waals surface area contributed by atoms with E-state index < -0.39 is 5.97 Å². The number of carboxylic acids is 1. The van der Waals surface area contributed by atoms with E-state index in [0.717, 1.165) is 0 Å². The van der Waals surface area contributed by atoms with Gasteiger partial charge in [0.25, 0.3) is 0 Å². The van der Waals surface area contributed by atoms with E-state index in [1.165, 1.54) is 11.1 Å². The number of hydrogen-bond donors (Lipinski definition) is 1. The van der Waals surface area contributed by atoms with Crippen LogP contribution in [0.1, 0.15) is 24.5 Å². The minimum atomic E-state index is -0.740. The lowest BCUT2D eigenvalue weighted by Gasteiger charge is -2.46. The van der Waals surface area contributed by atoms with Gasteiger partial charge in [-0.15, -0.1) is 0 Å². The molecule has 0 radical (unpaired) electrons. The molecule has 1 unspecified atom stereocenters. The van der Waals surface area contributed by atoms with E-state index in [2.05, 4.69) is 31.2 Å². The van der Waals surface area contributed by atoms with E-state index in [-0.39, 0.29) is 17.8 Å². The van der Waals surface area contributed by atoms with Crippen molar-refractivity contribution in [1.29, 1.82) is 0 Å². The van der Waals surface area contributed by atoms with Gasteiger partial charge in [-0.2, -0.15) is 0 Å². The van der Waals surface area contributed by atoms with Crippen molar-refractivity contribution in [3.63, 3.8) is 0 Å². The van der Waals surface area contributed by atoms with Crippen LogP contribution in [0.15, 0.2) is 24.3 Å². The third-order valence-electron chi connectivity index (χ3n) is 3.77. The molecule has 0 amide bonds. The molecule has 1 fully saturated rings.